The van der Waals surface area contributed by atoms with E-state index in [2.05, 4.69) is 41.8 Å². The number of tetrazole rings is 1. The van der Waals surface area contributed by atoms with E-state index in [1.54, 1.807) is 47.3 Å². The van der Waals surface area contributed by atoms with Gasteiger partial charge in [0, 0.05) is 15.7 Å². The minimum atomic E-state index is -0.194. The number of amides is 1. The number of aromatic nitrogens is 5. The van der Waals surface area contributed by atoms with Crippen LogP contribution in [0, 0.1) is 0 Å². The summed E-state index contributed by atoms with van der Waals surface area (Å²) in [7, 11) is 0. The Morgan fingerprint density at radius 2 is 2.04 bits per heavy atom. The van der Waals surface area contributed by atoms with Crippen molar-refractivity contribution < 1.29 is 4.79 Å². The second-order valence-electron chi connectivity index (χ2n) is 4.55. The summed E-state index contributed by atoms with van der Waals surface area (Å²) in [5.41, 5.74) is 0.766. The molecule has 122 valence electrons. The average Bonchev–Trinajstić information content (AvgIpc) is 3.04. The van der Waals surface area contributed by atoms with Crippen molar-refractivity contribution in [3.05, 3.63) is 52.1 Å². The summed E-state index contributed by atoms with van der Waals surface area (Å²) < 4.78 is 2.39. The van der Waals surface area contributed by atoms with Crippen molar-refractivity contribution in [1.82, 2.24) is 25.2 Å². The van der Waals surface area contributed by atoms with Gasteiger partial charge in [-0.25, -0.2) is 4.98 Å². The van der Waals surface area contributed by atoms with E-state index >= 15 is 0 Å². The number of nitrogens with one attached hydrogen (secondary N) is 1. The fraction of sp³-hybridized carbons (Fsp3) is 0.0714. The van der Waals surface area contributed by atoms with Crippen molar-refractivity contribution in [3.8, 4) is 5.69 Å². The van der Waals surface area contributed by atoms with E-state index in [-0.39, 0.29) is 11.7 Å². The fourth-order valence-electron chi connectivity index (χ4n) is 1.77. The van der Waals surface area contributed by atoms with Crippen molar-refractivity contribution in [2.45, 2.75) is 5.16 Å². The third-order valence-corrected chi connectivity index (χ3v) is 4.48. The average molecular weight is 426 g/mol. The van der Waals surface area contributed by atoms with Crippen LogP contribution in [0.1, 0.15) is 0 Å². The van der Waals surface area contributed by atoms with Crippen LogP contribution in [0.25, 0.3) is 5.69 Å². The van der Waals surface area contributed by atoms with E-state index in [9.17, 15) is 4.79 Å². The van der Waals surface area contributed by atoms with Gasteiger partial charge in [0.15, 0.2) is 0 Å². The van der Waals surface area contributed by atoms with Crippen LogP contribution in [-0.2, 0) is 4.79 Å². The molecular formula is C14H10BrClN6OS. The molecule has 0 fully saturated rings. The molecule has 0 radical (unpaired) electrons. The molecule has 2 aromatic heterocycles. The zero-order valence-electron chi connectivity index (χ0n) is 12.1. The molecule has 0 aliphatic heterocycles. The highest BCUT2D eigenvalue weighted by Crippen LogP contribution is 2.20. The van der Waals surface area contributed by atoms with Gasteiger partial charge in [0.2, 0.25) is 11.1 Å². The molecule has 3 rings (SSSR count). The summed E-state index contributed by atoms with van der Waals surface area (Å²) in [5, 5.41) is 15.4. The Labute approximate surface area is 154 Å². The van der Waals surface area contributed by atoms with Gasteiger partial charge in [0.05, 0.1) is 11.4 Å². The molecule has 0 aliphatic carbocycles. The lowest BCUT2D eigenvalue weighted by Crippen LogP contribution is -2.15. The lowest BCUT2D eigenvalue weighted by Gasteiger charge is -2.05. The number of nitrogens with zero attached hydrogens (tertiary/aromatic N) is 5. The van der Waals surface area contributed by atoms with Crippen LogP contribution in [0.5, 0.6) is 0 Å². The topological polar surface area (TPSA) is 85.6 Å². The van der Waals surface area contributed by atoms with Crippen LogP contribution in [0.2, 0.25) is 5.02 Å². The molecule has 1 N–H and O–H groups in total. The summed E-state index contributed by atoms with van der Waals surface area (Å²) in [6.07, 6.45) is 1.61. The monoisotopic (exact) mass is 424 g/mol. The summed E-state index contributed by atoms with van der Waals surface area (Å²) >= 11 is 10.4. The van der Waals surface area contributed by atoms with Gasteiger partial charge in [0.1, 0.15) is 5.82 Å². The van der Waals surface area contributed by atoms with Crippen LogP contribution in [-0.4, -0.2) is 36.9 Å². The van der Waals surface area contributed by atoms with Crippen molar-refractivity contribution in [2.24, 2.45) is 0 Å². The van der Waals surface area contributed by atoms with E-state index in [0.29, 0.717) is 16.0 Å². The third kappa shape index (κ3) is 4.31. The summed E-state index contributed by atoms with van der Waals surface area (Å²) in [6, 6.07) is 10.6. The van der Waals surface area contributed by atoms with Crippen molar-refractivity contribution in [3.63, 3.8) is 0 Å². The molecule has 7 nitrogen and oxygen atoms in total. The van der Waals surface area contributed by atoms with E-state index in [1.165, 1.54) is 11.8 Å². The molecule has 0 unspecified atom stereocenters. The normalized spacial score (nSPS) is 10.6. The molecule has 2 heterocycles. The fourth-order valence-corrected chi connectivity index (χ4v) is 2.82. The number of benzene rings is 1. The Balaban J connectivity index is 1.63. The predicted octanol–water partition coefficient (Wildman–Crippen LogP) is 3.20. The van der Waals surface area contributed by atoms with Gasteiger partial charge >= 0.3 is 0 Å². The zero-order valence-corrected chi connectivity index (χ0v) is 15.2. The van der Waals surface area contributed by atoms with Gasteiger partial charge in [-0.3, -0.25) is 4.79 Å². The summed E-state index contributed by atoms with van der Waals surface area (Å²) in [6.45, 7) is 0. The minimum absolute atomic E-state index is 0.158. The third-order valence-electron chi connectivity index (χ3n) is 2.84. The van der Waals surface area contributed by atoms with E-state index in [4.69, 9.17) is 11.6 Å². The quantitative estimate of drug-likeness (QED) is 0.632. The molecule has 3 aromatic rings. The molecule has 1 aromatic carbocycles. The number of thioether (sulfide) groups is 1. The first-order valence-electron chi connectivity index (χ1n) is 6.70. The Bertz CT molecular complexity index is 839. The zero-order chi connectivity index (χ0) is 16.9. The Kier molecular flexibility index (Phi) is 5.44. The number of rotatable bonds is 5. The Morgan fingerprint density at radius 1 is 1.25 bits per heavy atom. The van der Waals surface area contributed by atoms with Gasteiger partial charge < -0.3 is 5.32 Å². The molecule has 24 heavy (non-hydrogen) atoms. The maximum Gasteiger partial charge on any atom is 0.236 e. The lowest BCUT2D eigenvalue weighted by molar-refractivity contribution is -0.113. The molecule has 0 atom stereocenters. The standard InChI is InChI=1S/C14H10BrClN6OS/c15-9-1-6-12(17-7-9)18-13(23)8-24-14-19-20-21-22(14)11-4-2-10(16)3-5-11/h1-7H,8H2,(H,17,18,23). The smallest absolute Gasteiger partial charge is 0.236 e. The number of hydrogen-bond donors (Lipinski definition) is 1. The highest BCUT2D eigenvalue weighted by atomic mass is 79.9. The first-order chi connectivity index (χ1) is 11.6. The largest absolute Gasteiger partial charge is 0.310 e. The molecule has 1 amide bonds. The number of halogens is 2. The van der Waals surface area contributed by atoms with E-state index < -0.39 is 0 Å². The predicted molar refractivity (Wildman–Crippen MR) is 95.5 cm³/mol. The first kappa shape index (κ1) is 16.9. The second-order valence-corrected chi connectivity index (χ2v) is 6.84. The number of carbonyl (C=O) groups is 1. The molecule has 0 saturated heterocycles. The van der Waals surface area contributed by atoms with Gasteiger partial charge in [-0.15, -0.1) is 5.10 Å². The van der Waals surface area contributed by atoms with E-state index in [0.717, 1.165) is 10.2 Å². The lowest BCUT2D eigenvalue weighted by atomic mass is 10.3. The van der Waals surface area contributed by atoms with Gasteiger partial charge in [-0.1, -0.05) is 23.4 Å². The SMILES string of the molecule is O=C(CSc1nnnn1-c1ccc(Cl)cc1)Nc1ccc(Br)cn1. The molecule has 10 heteroatoms. The molecule has 0 saturated carbocycles. The van der Waals surface area contributed by atoms with Crippen LogP contribution >= 0.6 is 39.3 Å². The number of carbonyl (C=O) groups excluding carboxylic acids is 1. The van der Waals surface area contributed by atoms with Crippen LogP contribution < -0.4 is 5.32 Å². The highest BCUT2D eigenvalue weighted by molar-refractivity contribution is 9.10. The highest BCUT2D eigenvalue weighted by Gasteiger charge is 2.12. The van der Waals surface area contributed by atoms with Crippen molar-refractivity contribution in [2.75, 3.05) is 11.1 Å². The van der Waals surface area contributed by atoms with Gasteiger partial charge in [-0.05, 0) is 62.8 Å². The second kappa shape index (κ2) is 7.73. The van der Waals surface area contributed by atoms with Gasteiger partial charge in [-0.2, -0.15) is 4.68 Å². The Morgan fingerprint density at radius 3 is 2.75 bits per heavy atom. The first-order valence-corrected chi connectivity index (χ1v) is 8.86. The molecule has 0 aliphatic rings. The maximum absolute atomic E-state index is 12.0. The molecule has 0 bridgehead atoms. The van der Waals surface area contributed by atoms with Crippen LogP contribution in [0.15, 0.2) is 52.2 Å². The van der Waals surface area contributed by atoms with Gasteiger partial charge in [0.25, 0.3) is 0 Å². The minimum Gasteiger partial charge on any atom is -0.310 e. The van der Waals surface area contributed by atoms with E-state index in [1.807, 2.05) is 0 Å². The number of hydrogen-bond acceptors (Lipinski definition) is 6. The Hall–Kier alpha value is -1.97. The maximum atomic E-state index is 12.0. The summed E-state index contributed by atoms with van der Waals surface area (Å²) in [4.78, 5) is 16.1. The molecule has 0 spiro atoms. The van der Waals surface area contributed by atoms with Crippen LogP contribution in [0.4, 0.5) is 5.82 Å². The summed E-state index contributed by atoms with van der Waals surface area (Å²) in [5.74, 6) is 0.452. The number of pyridine rings is 1. The van der Waals surface area contributed by atoms with Crippen LogP contribution in [0.3, 0.4) is 0 Å². The van der Waals surface area contributed by atoms with Crippen molar-refractivity contribution >= 4 is 51.0 Å². The number of anilines is 1. The molecular weight excluding hydrogens is 416 g/mol. The van der Waals surface area contributed by atoms with Crippen molar-refractivity contribution in [1.29, 1.82) is 0 Å².